The van der Waals surface area contributed by atoms with Gasteiger partial charge in [0.2, 0.25) is 0 Å². The van der Waals surface area contributed by atoms with Crippen LogP contribution in [0.5, 0.6) is 0 Å². The van der Waals surface area contributed by atoms with E-state index in [0.717, 1.165) is 66.6 Å². The molecule has 0 amide bonds. The van der Waals surface area contributed by atoms with Crippen molar-refractivity contribution in [1.82, 2.24) is 9.13 Å². The summed E-state index contributed by atoms with van der Waals surface area (Å²) in [6.45, 7) is 0. The molecular weight excluding hydrogens is 765 g/mol. The number of rotatable bonds is 6. The molecule has 0 aliphatic carbocycles. The van der Waals surface area contributed by atoms with E-state index in [-0.39, 0.29) is 0 Å². The van der Waals surface area contributed by atoms with Crippen LogP contribution in [0.15, 0.2) is 235 Å². The fourth-order valence-corrected chi connectivity index (χ4v) is 10.2. The van der Waals surface area contributed by atoms with E-state index in [9.17, 15) is 0 Å². The van der Waals surface area contributed by atoms with Crippen LogP contribution in [0.4, 0.5) is 0 Å². The summed E-state index contributed by atoms with van der Waals surface area (Å²) in [5, 5.41) is 7.10. The summed E-state index contributed by atoms with van der Waals surface area (Å²) in [7, 11) is 0. The molecule has 3 heterocycles. The lowest BCUT2D eigenvalue weighted by Gasteiger charge is -2.17. The lowest BCUT2D eigenvalue weighted by molar-refractivity contribution is 0.670. The van der Waals surface area contributed by atoms with Crippen molar-refractivity contribution >= 4 is 65.6 Å². The van der Waals surface area contributed by atoms with E-state index in [1.165, 1.54) is 54.8 Å². The van der Waals surface area contributed by atoms with Gasteiger partial charge in [0.05, 0.1) is 33.4 Å². The Morgan fingerprint density at radius 3 is 1.35 bits per heavy atom. The van der Waals surface area contributed by atoms with Crippen LogP contribution in [-0.2, 0) is 0 Å². The van der Waals surface area contributed by atoms with Crippen molar-refractivity contribution < 1.29 is 4.42 Å². The van der Waals surface area contributed by atoms with E-state index in [2.05, 4.69) is 234 Å². The van der Waals surface area contributed by atoms with E-state index in [1.807, 2.05) is 6.07 Å². The molecule has 63 heavy (non-hydrogen) atoms. The van der Waals surface area contributed by atoms with Gasteiger partial charge in [-0.15, -0.1) is 0 Å². The number of aromatic nitrogens is 2. The van der Waals surface area contributed by atoms with Crippen molar-refractivity contribution in [3.05, 3.63) is 231 Å². The SMILES string of the molecule is c1ccc(-c2ccccc2-c2ccc3c(c2)c2cc(-c4ccc5c(oc6ccccc65)c4-c4ccccc4)ccc2n3-c2ccccc2-n2c3ccccc3c3ccccc32)cc1. The first-order chi connectivity index (χ1) is 31.3. The molecule has 3 nitrogen and oxygen atoms in total. The van der Waals surface area contributed by atoms with Crippen molar-refractivity contribution in [2.75, 3.05) is 0 Å². The third-order valence-corrected chi connectivity index (χ3v) is 13.0. The lowest BCUT2D eigenvalue weighted by atomic mass is 9.91. The quantitative estimate of drug-likeness (QED) is 0.164. The second-order valence-corrected chi connectivity index (χ2v) is 16.4. The van der Waals surface area contributed by atoms with Gasteiger partial charge in [0.25, 0.3) is 0 Å². The Morgan fingerprint density at radius 2 is 0.730 bits per heavy atom. The van der Waals surface area contributed by atoms with Crippen LogP contribution in [-0.4, -0.2) is 9.13 Å². The van der Waals surface area contributed by atoms with Crippen LogP contribution in [0.25, 0.3) is 121 Å². The molecule has 13 rings (SSSR count). The maximum absolute atomic E-state index is 6.74. The van der Waals surface area contributed by atoms with Crippen LogP contribution in [0.1, 0.15) is 0 Å². The molecule has 0 radical (unpaired) electrons. The first-order valence-corrected chi connectivity index (χ1v) is 21.6. The molecule has 0 aliphatic heterocycles. The van der Waals surface area contributed by atoms with Gasteiger partial charge in [-0.05, 0) is 99.6 Å². The number of hydrogen-bond acceptors (Lipinski definition) is 1. The first-order valence-electron chi connectivity index (χ1n) is 21.6. The molecular formula is C60H38N2O. The van der Waals surface area contributed by atoms with Gasteiger partial charge in [-0.3, -0.25) is 0 Å². The van der Waals surface area contributed by atoms with Gasteiger partial charge in [0.1, 0.15) is 11.2 Å². The predicted octanol–water partition coefficient (Wildman–Crippen LogP) is 16.4. The minimum absolute atomic E-state index is 0.894. The topological polar surface area (TPSA) is 23.0 Å². The maximum Gasteiger partial charge on any atom is 0.143 e. The maximum atomic E-state index is 6.74. The number of furan rings is 1. The van der Waals surface area contributed by atoms with E-state index < -0.39 is 0 Å². The highest BCUT2D eigenvalue weighted by Gasteiger charge is 2.22. The second-order valence-electron chi connectivity index (χ2n) is 16.4. The number of benzene rings is 10. The van der Waals surface area contributed by atoms with Gasteiger partial charge in [0.15, 0.2) is 0 Å². The Bertz CT molecular complexity index is 3850. The molecule has 13 aromatic rings. The average Bonchev–Trinajstić information content (AvgIpc) is 4.01. The molecule has 3 heteroatoms. The van der Waals surface area contributed by atoms with Crippen molar-refractivity contribution in [1.29, 1.82) is 0 Å². The summed E-state index contributed by atoms with van der Waals surface area (Å²) in [5.41, 5.74) is 18.0. The standard InChI is InChI=1S/C60H38N2O/c1-3-17-39(18-4-1)43-21-7-8-22-44(43)41-31-35-54-50(37-41)51-38-42(45-33-34-49-48-25-11-16-30-58(48)63-60(49)59(45)40-19-5-2-6-20-40)32-36-55(51)62(54)57-29-15-14-28-56(57)61-52-26-12-9-23-46(52)47-24-10-13-27-53(47)61/h1-38H. The normalized spacial score (nSPS) is 11.8. The van der Waals surface area contributed by atoms with E-state index in [1.54, 1.807) is 0 Å². The van der Waals surface area contributed by atoms with Crippen LogP contribution < -0.4 is 0 Å². The molecule has 10 aromatic carbocycles. The van der Waals surface area contributed by atoms with Crippen LogP contribution >= 0.6 is 0 Å². The Kier molecular flexibility index (Phi) is 7.91. The molecule has 0 saturated carbocycles. The number of fused-ring (bicyclic) bond motifs is 9. The van der Waals surface area contributed by atoms with E-state index in [0.29, 0.717) is 0 Å². The smallest absolute Gasteiger partial charge is 0.143 e. The zero-order chi connectivity index (χ0) is 41.4. The fraction of sp³-hybridized carbons (Fsp3) is 0. The molecule has 0 aliphatic rings. The lowest BCUT2D eigenvalue weighted by Crippen LogP contribution is -2.03. The number of hydrogen-bond donors (Lipinski definition) is 0. The van der Waals surface area contributed by atoms with Gasteiger partial charge >= 0.3 is 0 Å². The number of nitrogens with zero attached hydrogens (tertiary/aromatic N) is 2. The van der Waals surface area contributed by atoms with Gasteiger partial charge in [-0.2, -0.15) is 0 Å². The average molecular weight is 803 g/mol. The van der Waals surface area contributed by atoms with Crippen molar-refractivity contribution in [2.45, 2.75) is 0 Å². The zero-order valence-electron chi connectivity index (χ0n) is 34.2. The first kappa shape index (κ1) is 35.4. The molecule has 294 valence electrons. The summed E-state index contributed by atoms with van der Waals surface area (Å²) in [5.74, 6) is 0. The Labute approximate surface area is 363 Å². The second kappa shape index (κ2) is 14.1. The van der Waals surface area contributed by atoms with E-state index >= 15 is 0 Å². The molecule has 0 N–H and O–H groups in total. The summed E-state index contributed by atoms with van der Waals surface area (Å²) in [6.07, 6.45) is 0. The molecule has 0 unspecified atom stereocenters. The minimum Gasteiger partial charge on any atom is -0.455 e. The highest BCUT2D eigenvalue weighted by atomic mass is 16.3. The van der Waals surface area contributed by atoms with Crippen molar-refractivity contribution in [2.24, 2.45) is 0 Å². The Balaban J connectivity index is 1.10. The Morgan fingerprint density at radius 1 is 0.270 bits per heavy atom. The fourth-order valence-electron chi connectivity index (χ4n) is 10.2. The van der Waals surface area contributed by atoms with Gasteiger partial charge < -0.3 is 13.6 Å². The Hall–Kier alpha value is -8.40. The molecule has 0 saturated heterocycles. The molecule has 0 bridgehead atoms. The van der Waals surface area contributed by atoms with Crippen molar-refractivity contribution in [3.63, 3.8) is 0 Å². The van der Waals surface area contributed by atoms with Gasteiger partial charge in [-0.1, -0.05) is 170 Å². The zero-order valence-corrected chi connectivity index (χ0v) is 34.2. The molecule has 3 aromatic heterocycles. The van der Waals surface area contributed by atoms with Crippen LogP contribution in [0.3, 0.4) is 0 Å². The van der Waals surface area contributed by atoms with Crippen molar-refractivity contribution in [3.8, 4) is 55.9 Å². The highest BCUT2D eigenvalue weighted by Crippen LogP contribution is 2.45. The van der Waals surface area contributed by atoms with Gasteiger partial charge in [0, 0.05) is 37.9 Å². The van der Waals surface area contributed by atoms with Crippen LogP contribution in [0, 0.1) is 0 Å². The summed E-state index contributed by atoms with van der Waals surface area (Å²) < 4.78 is 11.6. The highest BCUT2D eigenvalue weighted by molar-refractivity contribution is 6.16. The summed E-state index contributed by atoms with van der Waals surface area (Å²) >= 11 is 0. The predicted molar refractivity (Wildman–Crippen MR) is 264 cm³/mol. The molecule has 0 atom stereocenters. The van der Waals surface area contributed by atoms with Gasteiger partial charge in [-0.25, -0.2) is 0 Å². The summed E-state index contributed by atoms with van der Waals surface area (Å²) in [4.78, 5) is 0. The molecule has 0 spiro atoms. The summed E-state index contributed by atoms with van der Waals surface area (Å²) in [6, 6.07) is 83.4. The number of para-hydroxylation sites is 5. The largest absolute Gasteiger partial charge is 0.455 e. The monoisotopic (exact) mass is 802 g/mol. The third kappa shape index (κ3) is 5.46. The minimum atomic E-state index is 0.894. The van der Waals surface area contributed by atoms with E-state index in [4.69, 9.17) is 4.42 Å². The third-order valence-electron chi connectivity index (χ3n) is 13.0. The van der Waals surface area contributed by atoms with Crippen LogP contribution in [0.2, 0.25) is 0 Å². The molecule has 0 fully saturated rings.